The smallest absolute Gasteiger partial charge is 0.226 e. The second kappa shape index (κ2) is 8.91. The topological polar surface area (TPSA) is 71.5 Å². The van der Waals surface area contributed by atoms with Crippen LogP contribution in [0.4, 0.5) is 5.69 Å². The van der Waals surface area contributed by atoms with Crippen molar-refractivity contribution in [2.24, 2.45) is 0 Å². The summed E-state index contributed by atoms with van der Waals surface area (Å²) in [4.78, 5) is 26.4. The van der Waals surface area contributed by atoms with Crippen LogP contribution in [0.1, 0.15) is 54.6 Å². The average Bonchev–Trinajstić information content (AvgIpc) is 2.69. The molecule has 1 saturated heterocycles. The van der Waals surface area contributed by atoms with Crippen molar-refractivity contribution in [1.29, 1.82) is 0 Å². The Morgan fingerprint density at radius 3 is 2.17 bits per heavy atom. The molecule has 154 valence electrons. The first-order valence-corrected chi connectivity index (χ1v) is 11.7. The molecule has 1 fully saturated rings. The Morgan fingerprint density at radius 2 is 1.59 bits per heavy atom. The number of hydrogen-bond donors (Lipinski definition) is 0. The highest BCUT2D eigenvalue weighted by atomic mass is 32.2. The second-order valence-electron chi connectivity index (χ2n) is 7.82. The highest BCUT2D eigenvalue weighted by molar-refractivity contribution is 7.91. The van der Waals surface area contributed by atoms with Gasteiger partial charge >= 0.3 is 0 Å². The summed E-state index contributed by atoms with van der Waals surface area (Å²) in [5, 5.41) is -0.424. The summed E-state index contributed by atoms with van der Waals surface area (Å²) in [6.45, 7) is 4.08. The summed E-state index contributed by atoms with van der Waals surface area (Å²) in [6, 6.07) is 14.4. The molecule has 3 rings (SSSR count). The highest BCUT2D eigenvalue weighted by Gasteiger charge is 2.20. The number of anilines is 1. The van der Waals surface area contributed by atoms with Crippen molar-refractivity contribution in [3.63, 3.8) is 0 Å². The molecule has 2 aromatic rings. The van der Waals surface area contributed by atoms with Crippen molar-refractivity contribution in [3.8, 4) is 0 Å². The van der Waals surface area contributed by atoms with Crippen molar-refractivity contribution in [3.05, 3.63) is 65.2 Å². The lowest BCUT2D eigenvalue weighted by Gasteiger charge is -2.26. The fourth-order valence-corrected chi connectivity index (χ4v) is 4.34. The van der Waals surface area contributed by atoms with Crippen LogP contribution in [0, 0.1) is 0 Å². The summed E-state index contributed by atoms with van der Waals surface area (Å²) in [5.74, 6) is 0.111. The van der Waals surface area contributed by atoms with Crippen LogP contribution in [-0.4, -0.2) is 31.9 Å². The number of carbonyl (C=O) groups is 2. The number of sulfone groups is 1. The Balaban J connectivity index is 1.63. The number of Topliss-reactive ketones (excluding diaryl/α,β-unsaturated/α-hetero) is 1. The maximum absolute atomic E-state index is 12.6. The van der Waals surface area contributed by atoms with Crippen molar-refractivity contribution in [1.82, 2.24) is 0 Å². The van der Waals surface area contributed by atoms with Crippen molar-refractivity contribution >= 4 is 27.2 Å². The third-order valence-corrected chi connectivity index (χ3v) is 7.47. The predicted octanol–water partition coefficient (Wildman–Crippen LogP) is 3.95. The number of hydrogen-bond acceptors (Lipinski definition) is 4. The zero-order chi connectivity index (χ0) is 21.0. The summed E-state index contributed by atoms with van der Waals surface area (Å²) in [5.41, 5.74) is 3.01. The molecule has 0 bridgehead atoms. The Labute approximate surface area is 172 Å². The van der Waals surface area contributed by atoms with Gasteiger partial charge in [-0.25, -0.2) is 8.42 Å². The molecule has 1 aliphatic heterocycles. The molecule has 0 spiro atoms. The van der Waals surface area contributed by atoms with Gasteiger partial charge < -0.3 is 4.90 Å². The molecule has 5 nitrogen and oxygen atoms in total. The van der Waals surface area contributed by atoms with Gasteiger partial charge in [-0.3, -0.25) is 9.59 Å². The third kappa shape index (κ3) is 5.32. The molecule has 1 amide bonds. The number of ketones is 1. The molecule has 29 heavy (non-hydrogen) atoms. The zero-order valence-corrected chi connectivity index (χ0v) is 17.7. The van der Waals surface area contributed by atoms with Crippen LogP contribution in [0.5, 0.6) is 0 Å². The first-order chi connectivity index (χ1) is 13.8. The Kier molecular flexibility index (Phi) is 6.52. The van der Waals surface area contributed by atoms with E-state index < -0.39 is 15.1 Å². The van der Waals surface area contributed by atoms with E-state index in [4.69, 9.17) is 0 Å². The van der Waals surface area contributed by atoms with Gasteiger partial charge in [0.2, 0.25) is 5.91 Å². The number of rotatable bonds is 7. The second-order valence-corrected chi connectivity index (χ2v) is 10.4. The Hall–Kier alpha value is -2.47. The van der Waals surface area contributed by atoms with Crippen LogP contribution < -0.4 is 4.90 Å². The molecule has 0 atom stereocenters. The monoisotopic (exact) mass is 413 g/mol. The van der Waals surface area contributed by atoms with E-state index in [1.165, 1.54) is 0 Å². The maximum Gasteiger partial charge on any atom is 0.226 e. The number of benzene rings is 2. The van der Waals surface area contributed by atoms with E-state index in [1.54, 1.807) is 43.0 Å². The van der Waals surface area contributed by atoms with Gasteiger partial charge in [0.25, 0.3) is 0 Å². The summed E-state index contributed by atoms with van der Waals surface area (Å²) in [6.07, 6.45) is 2.82. The van der Waals surface area contributed by atoms with E-state index >= 15 is 0 Å². The van der Waals surface area contributed by atoms with Crippen LogP contribution in [0.15, 0.2) is 48.5 Å². The Morgan fingerprint density at radius 1 is 0.966 bits per heavy atom. The van der Waals surface area contributed by atoms with Crippen LogP contribution in [0.3, 0.4) is 0 Å². The molecule has 0 unspecified atom stereocenters. The zero-order valence-electron chi connectivity index (χ0n) is 16.9. The molecular formula is C23H27NO4S. The van der Waals surface area contributed by atoms with Gasteiger partial charge in [0.1, 0.15) is 0 Å². The molecule has 0 N–H and O–H groups in total. The minimum absolute atomic E-state index is 0.0180. The van der Waals surface area contributed by atoms with Gasteiger partial charge in [-0.05, 0) is 49.9 Å². The third-order valence-electron chi connectivity index (χ3n) is 5.30. The first kappa shape index (κ1) is 21.2. The van der Waals surface area contributed by atoms with E-state index in [-0.39, 0.29) is 23.9 Å². The van der Waals surface area contributed by atoms with Crippen molar-refractivity contribution < 1.29 is 18.0 Å². The van der Waals surface area contributed by atoms with Gasteiger partial charge in [0.15, 0.2) is 15.6 Å². The van der Waals surface area contributed by atoms with Gasteiger partial charge in [-0.15, -0.1) is 0 Å². The van der Waals surface area contributed by atoms with E-state index in [1.807, 2.05) is 24.3 Å². The van der Waals surface area contributed by atoms with E-state index in [0.717, 1.165) is 30.6 Å². The quantitative estimate of drug-likeness (QED) is 0.645. The summed E-state index contributed by atoms with van der Waals surface area (Å²) < 4.78 is 24.1. The fourth-order valence-electron chi connectivity index (χ4n) is 3.35. The normalized spacial score (nSPS) is 15.0. The van der Waals surface area contributed by atoms with Gasteiger partial charge in [-0.2, -0.15) is 0 Å². The minimum Gasteiger partial charge on any atom is -0.312 e. The lowest BCUT2D eigenvalue weighted by Crippen LogP contribution is -2.35. The van der Waals surface area contributed by atoms with E-state index in [0.29, 0.717) is 17.5 Å². The molecule has 0 aliphatic carbocycles. The number of piperidine rings is 1. The summed E-state index contributed by atoms with van der Waals surface area (Å²) >= 11 is 0. The lowest BCUT2D eigenvalue weighted by atomic mass is 10.0. The fraction of sp³-hybridized carbons (Fsp3) is 0.391. The van der Waals surface area contributed by atoms with Gasteiger partial charge in [0.05, 0.1) is 11.0 Å². The SMILES string of the molecule is CC(C)S(=O)(=O)Cc1ccc(C(=O)Cc2ccc(N3CCCCC3=O)cc2)cc1. The standard InChI is InChI=1S/C23H27NO4S/c1-17(2)29(27,28)16-19-6-10-20(11-7-19)22(25)15-18-8-12-21(13-9-18)24-14-4-3-5-23(24)26/h6-13,17H,3-5,14-16H2,1-2H3. The first-order valence-electron chi connectivity index (χ1n) is 9.99. The highest BCUT2D eigenvalue weighted by Crippen LogP contribution is 2.22. The number of nitrogens with zero attached hydrogens (tertiary/aromatic N) is 1. The van der Waals surface area contributed by atoms with E-state index in [2.05, 4.69) is 0 Å². The van der Waals surface area contributed by atoms with Crippen LogP contribution in [0.25, 0.3) is 0 Å². The molecule has 0 aromatic heterocycles. The lowest BCUT2D eigenvalue weighted by molar-refractivity contribution is -0.119. The van der Waals surface area contributed by atoms with Crippen molar-refractivity contribution in [2.75, 3.05) is 11.4 Å². The largest absolute Gasteiger partial charge is 0.312 e. The average molecular weight is 414 g/mol. The number of carbonyl (C=O) groups excluding carboxylic acids is 2. The van der Waals surface area contributed by atoms with Crippen molar-refractivity contribution in [2.45, 2.75) is 50.5 Å². The molecule has 1 heterocycles. The van der Waals surface area contributed by atoms with Crippen LogP contribution >= 0.6 is 0 Å². The molecule has 6 heteroatoms. The molecule has 0 radical (unpaired) electrons. The molecule has 2 aromatic carbocycles. The van der Waals surface area contributed by atoms with Crippen LogP contribution in [-0.2, 0) is 26.8 Å². The Bertz CT molecular complexity index is 977. The molecular weight excluding hydrogens is 386 g/mol. The molecule has 1 aliphatic rings. The molecule has 0 saturated carbocycles. The van der Waals surface area contributed by atoms with E-state index in [9.17, 15) is 18.0 Å². The predicted molar refractivity (Wildman–Crippen MR) is 115 cm³/mol. The summed E-state index contributed by atoms with van der Waals surface area (Å²) in [7, 11) is -3.16. The van der Waals surface area contributed by atoms with Gasteiger partial charge in [-0.1, -0.05) is 36.4 Å². The number of amides is 1. The van der Waals surface area contributed by atoms with Gasteiger partial charge in [0, 0.05) is 30.6 Å². The minimum atomic E-state index is -3.16. The maximum atomic E-state index is 12.6. The van der Waals surface area contributed by atoms with Crippen LogP contribution in [0.2, 0.25) is 0 Å².